The first kappa shape index (κ1) is 12.0. The minimum atomic E-state index is -0.0799. The van der Waals surface area contributed by atoms with Gasteiger partial charge in [-0.05, 0) is 12.5 Å². The van der Waals surface area contributed by atoms with E-state index in [1.54, 1.807) is 11.2 Å². The zero-order valence-corrected chi connectivity index (χ0v) is 10.5. The Morgan fingerprint density at radius 3 is 3.11 bits per heavy atom. The summed E-state index contributed by atoms with van der Waals surface area (Å²) in [6, 6.07) is 7.67. The van der Waals surface area contributed by atoms with E-state index in [0.29, 0.717) is 19.5 Å². The van der Waals surface area contributed by atoms with Gasteiger partial charge in [-0.2, -0.15) is 0 Å². The second kappa shape index (κ2) is 4.93. The van der Waals surface area contributed by atoms with Crippen LogP contribution in [0.4, 0.5) is 4.79 Å². The van der Waals surface area contributed by atoms with Gasteiger partial charge in [0.2, 0.25) is 0 Å². The molecule has 3 rings (SSSR count). The van der Waals surface area contributed by atoms with Crippen LogP contribution in [0.1, 0.15) is 18.0 Å². The zero-order chi connectivity index (χ0) is 13.2. The molecule has 1 aliphatic rings. The van der Waals surface area contributed by atoms with Gasteiger partial charge in [-0.25, -0.2) is 4.79 Å². The van der Waals surface area contributed by atoms with Gasteiger partial charge < -0.3 is 19.7 Å². The van der Waals surface area contributed by atoms with Crippen molar-refractivity contribution >= 4 is 17.0 Å². The fraction of sp³-hybridized carbons (Fsp3) is 0.357. The Bertz CT molecular complexity index is 593. The molecule has 100 valence electrons. The number of para-hydroxylation sites is 1. The first-order valence-electron chi connectivity index (χ1n) is 6.42. The van der Waals surface area contributed by atoms with Crippen molar-refractivity contribution in [3.8, 4) is 0 Å². The molecule has 0 radical (unpaired) electrons. The molecule has 0 bridgehead atoms. The van der Waals surface area contributed by atoms with Gasteiger partial charge in [0.15, 0.2) is 0 Å². The van der Waals surface area contributed by atoms with Crippen LogP contribution in [0.25, 0.3) is 11.0 Å². The highest BCUT2D eigenvalue weighted by atomic mass is 16.3. The van der Waals surface area contributed by atoms with E-state index in [9.17, 15) is 4.79 Å². The molecule has 2 heterocycles. The Labute approximate surface area is 110 Å². The molecule has 2 aromatic rings. The van der Waals surface area contributed by atoms with Crippen molar-refractivity contribution in [2.24, 2.45) is 0 Å². The standard InChI is InChI=1S/C14H16N2O3/c17-7-3-6-16-8-12(15-14(16)18)11-9-19-13-5-2-1-4-10(11)13/h1-2,4-5,9,12,17H,3,6-8H2,(H,15,18). The molecule has 1 aromatic heterocycles. The van der Waals surface area contributed by atoms with E-state index in [0.717, 1.165) is 16.5 Å². The third-order valence-electron chi connectivity index (χ3n) is 3.46. The van der Waals surface area contributed by atoms with Crippen LogP contribution in [0.5, 0.6) is 0 Å². The molecule has 1 aromatic carbocycles. The van der Waals surface area contributed by atoms with E-state index in [4.69, 9.17) is 9.52 Å². The quantitative estimate of drug-likeness (QED) is 0.882. The fourth-order valence-electron chi connectivity index (χ4n) is 2.49. The normalized spacial score (nSPS) is 19.1. The van der Waals surface area contributed by atoms with Gasteiger partial charge in [-0.15, -0.1) is 0 Å². The average Bonchev–Trinajstić information content (AvgIpc) is 3.00. The van der Waals surface area contributed by atoms with Crippen LogP contribution < -0.4 is 5.32 Å². The highest BCUT2D eigenvalue weighted by Crippen LogP contribution is 2.29. The molecule has 1 saturated heterocycles. The van der Waals surface area contributed by atoms with Crippen molar-refractivity contribution < 1.29 is 14.3 Å². The SMILES string of the molecule is O=C1NC(c2coc3ccccc23)CN1CCCO. The molecule has 1 fully saturated rings. The van der Waals surface area contributed by atoms with E-state index >= 15 is 0 Å². The van der Waals surface area contributed by atoms with E-state index in [-0.39, 0.29) is 18.7 Å². The number of carbonyl (C=O) groups is 1. The number of amides is 2. The summed E-state index contributed by atoms with van der Waals surface area (Å²) < 4.78 is 5.50. The number of aliphatic hydroxyl groups is 1. The fourth-order valence-corrected chi connectivity index (χ4v) is 2.49. The molecular formula is C14H16N2O3. The second-order valence-electron chi connectivity index (χ2n) is 4.71. The third-order valence-corrected chi connectivity index (χ3v) is 3.46. The van der Waals surface area contributed by atoms with E-state index in [2.05, 4.69) is 5.32 Å². The number of hydrogen-bond acceptors (Lipinski definition) is 3. The van der Waals surface area contributed by atoms with E-state index in [1.165, 1.54) is 0 Å². The van der Waals surface area contributed by atoms with Gasteiger partial charge >= 0.3 is 6.03 Å². The Balaban J connectivity index is 1.82. The van der Waals surface area contributed by atoms with Crippen molar-refractivity contribution in [3.05, 3.63) is 36.1 Å². The molecule has 5 heteroatoms. The number of hydrogen-bond donors (Lipinski definition) is 2. The summed E-state index contributed by atoms with van der Waals surface area (Å²) in [5.41, 5.74) is 1.84. The zero-order valence-electron chi connectivity index (χ0n) is 10.5. The molecule has 1 atom stereocenters. The van der Waals surface area contributed by atoms with Gasteiger partial charge in [-0.3, -0.25) is 0 Å². The van der Waals surface area contributed by atoms with Gasteiger partial charge in [0, 0.05) is 30.6 Å². The number of furan rings is 1. The number of urea groups is 1. The van der Waals surface area contributed by atoms with Crippen LogP contribution in [0.2, 0.25) is 0 Å². The van der Waals surface area contributed by atoms with Crippen molar-refractivity contribution in [1.82, 2.24) is 10.2 Å². The topological polar surface area (TPSA) is 65.7 Å². The van der Waals surface area contributed by atoms with Crippen molar-refractivity contribution in [2.45, 2.75) is 12.5 Å². The highest BCUT2D eigenvalue weighted by Gasteiger charge is 2.31. The minimum absolute atomic E-state index is 0.0464. The summed E-state index contributed by atoms with van der Waals surface area (Å²) in [7, 11) is 0. The van der Waals surface area contributed by atoms with Crippen LogP contribution in [0.3, 0.4) is 0 Å². The lowest BCUT2D eigenvalue weighted by molar-refractivity contribution is 0.209. The number of fused-ring (bicyclic) bond motifs is 1. The molecule has 0 aliphatic carbocycles. The predicted molar refractivity (Wildman–Crippen MR) is 70.8 cm³/mol. The van der Waals surface area contributed by atoms with Crippen LogP contribution in [-0.4, -0.2) is 35.7 Å². The maximum absolute atomic E-state index is 11.8. The summed E-state index contributed by atoms with van der Waals surface area (Å²) in [4.78, 5) is 13.5. The molecule has 1 unspecified atom stereocenters. The number of nitrogens with one attached hydrogen (secondary N) is 1. The number of nitrogens with zero attached hydrogens (tertiary/aromatic N) is 1. The van der Waals surface area contributed by atoms with E-state index in [1.807, 2.05) is 24.3 Å². The molecule has 5 nitrogen and oxygen atoms in total. The molecule has 2 amide bonds. The largest absolute Gasteiger partial charge is 0.464 e. The lowest BCUT2D eigenvalue weighted by atomic mass is 10.1. The number of benzene rings is 1. The number of carbonyl (C=O) groups excluding carboxylic acids is 1. The first-order chi connectivity index (χ1) is 9.29. The van der Waals surface area contributed by atoms with Crippen LogP contribution in [0.15, 0.2) is 34.9 Å². The van der Waals surface area contributed by atoms with E-state index < -0.39 is 0 Å². The van der Waals surface area contributed by atoms with Crippen LogP contribution in [-0.2, 0) is 0 Å². The number of rotatable bonds is 4. The third kappa shape index (κ3) is 2.17. The molecule has 19 heavy (non-hydrogen) atoms. The molecule has 0 saturated carbocycles. The number of aliphatic hydroxyl groups excluding tert-OH is 1. The Morgan fingerprint density at radius 2 is 2.26 bits per heavy atom. The highest BCUT2D eigenvalue weighted by molar-refractivity contribution is 5.84. The summed E-state index contributed by atoms with van der Waals surface area (Å²) in [6.45, 7) is 1.29. The summed E-state index contributed by atoms with van der Waals surface area (Å²) in [5, 5.41) is 12.8. The summed E-state index contributed by atoms with van der Waals surface area (Å²) >= 11 is 0. The lowest BCUT2D eigenvalue weighted by Gasteiger charge is -2.13. The molecule has 2 N–H and O–H groups in total. The summed E-state index contributed by atoms with van der Waals surface area (Å²) in [5.74, 6) is 0. The Morgan fingerprint density at radius 1 is 1.42 bits per heavy atom. The second-order valence-corrected chi connectivity index (χ2v) is 4.71. The smallest absolute Gasteiger partial charge is 0.318 e. The molecular weight excluding hydrogens is 244 g/mol. The maximum atomic E-state index is 11.8. The monoisotopic (exact) mass is 260 g/mol. The predicted octanol–water partition coefficient (Wildman–Crippen LogP) is 1.88. The lowest BCUT2D eigenvalue weighted by Crippen LogP contribution is -2.29. The van der Waals surface area contributed by atoms with Crippen molar-refractivity contribution in [1.29, 1.82) is 0 Å². The van der Waals surface area contributed by atoms with Gasteiger partial charge in [0.05, 0.1) is 12.3 Å². The van der Waals surface area contributed by atoms with Crippen LogP contribution in [0, 0.1) is 0 Å². The molecule has 1 aliphatic heterocycles. The van der Waals surface area contributed by atoms with Gasteiger partial charge in [0.25, 0.3) is 0 Å². The minimum Gasteiger partial charge on any atom is -0.464 e. The van der Waals surface area contributed by atoms with Gasteiger partial charge in [0.1, 0.15) is 5.58 Å². The first-order valence-corrected chi connectivity index (χ1v) is 6.42. The van der Waals surface area contributed by atoms with Crippen molar-refractivity contribution in [2.75, 3.05) is 19.7 Å². The van der Waals surface area contributed by atoms with Crippen molar-refractivity contribution in [3.63, 3.8) is 0 Å². The molecule has 0 spiro atoms. The maximum Gasteiger partial charge on any atom is 0.318 e. The average molecular weight is 260 g/mol. The Kier molecular flexibility index (Phi) is 3.13. The summed E-state index contributed by atoms with van der Waals surface area (Å²) in [6.07, 6.45) is 2.32. The Hall–Kier alpha value is -2.01. The van der Waals surface area contributed by atoms with Gasteiger partial charge in [-0.1, -0.05) is 18.2 Å². The van der Waals surface area contributed by atoms with Crippen LogP contribution >= 0.6 is 0 Å².